The molecule has 0 bridgehead atoms. The van der Waals surface area contributed by atoms with Gasteiger partial charge in [-0.25, -0.2) is 9.97 Å². The van der Waals surface area contributed by atoms with Crippen LogP contribution in [-0.4, -0.2) is 15.0 Å². The predicted molar refractivity (Wildman–Crippen MR) is 46.2 cm³/mol. The third-order valence-electron chi connectivity index (χ3n) is 1.65. The molecule has 0 unspecified atom stereocenters. The standard InChI is InChI=1S/C8H7FN4/c9-8-7(12-4-13-8)5-1-2-6(10)11-3-5/h1-4H,(H2,10,11)(H,12,13). The van der Waals surface area contributed by atoms with E-state index in [-0.39, 0.29) is 5.69 Å². The zero-order valence-electron chi connectivity index (χ0n) is 6.66. The first kappa shape index (κ1) is 7.72. The minimum absolute atomic E-state index is 0.257. The van der Waals surface area contributed by atoms with Crippen molar-refractivity contribution in [3.63, 3.8) is 0 Å². The summed E-state index contributed by atoms with van der Waals surface area (Å²) in [5.41, 5.74) is 6.25. The molecule has 0 aliphatic carbocycles. The van der Waals surface area contributed by atoms with Crippen molar-refractivity contribution in [1.29, 1.82) is 0 Å². The minimum atomic E-state index is -0.466. The Morgan fingerprint density at radius 3 is 2.69 bits per heavy atom. The highest BCUT2D eigenvalue weighted by Gasteiger charge is 2.06. The van der Waals surface area contributed by atoms with Gasteiger partial charge in [0.05, 0.1) is 6.33 Å². The molecule has 2 aromatic heterocycles. The second kappa shape index (κ2) is 2.85. The van der Waals surface area contributed by atoms with Gasteiger partial charge in [0.25, 0.3) is 0 Å². The van der Waals surface area contributed by atoms with Gasteiger partial charge in [0.2, 0.25) is 5.95 Å². The SMILES string of the molecule is Nc1ccc(-c2nc[nH]c2F)cn1. The Labute approximate surface area is 73.6 Å². The van der Waals surface area contributed by atoms with Crippen LogP contribution in [0.1, 0.15) is 0 Å². The van der Waals surface area contributed by atoms with Crippen molar-refractivity contribution in [3.8, 4) is 11.3 Å². The molecule has 5 heteroatoms. The van der Waals surface area contributed by atoms with E-state index in [9.17, 15) is 4.39 Å². The largest absolute Gasteiger partial charge is 0.384 e. The molecule has 0 atom stereocenters. The number of nitrogens with zero attached hydrogens (tertiary/aromatic N) is 2. The summed E-state index contributed by atoms with van der Waals surface area (Å²) in [6, 6.07) is 3.27. The molecule has 0 aliphatic rings. The van der Waals surface area contributed by atoms with Gasteiger partial charge in [-0.05, 0) is 12.1 Å². The van der Waals surface area contributed by atoms with Crippen LogP contribution >= 0.6 is 0 Å². The monoisotopic (exact) mass is 178 g/mol. The molecule has 0 aromatic carbocycles. The van der Waals surface area contributed by atoms with Crippen LogP contribution in [0, 0.1) is 5.95 Å². The molecule has 0 aliphatic heterocycles. The Hall–Kier alpha value is -1.91. The van der Waals surface area contributed by atoms with Crippen LogP contribution in [-0.2, 0) is 0 Å². The smallest absolute Gasteiger partial charge is 0.218 e. The second-order valence-electron chi connectivity index (χ2n) is 2.54. The van der Waals surface area contributed by atoms with E-state index in [1.54, 1.807) is 12.1 Å². The van der Waals surface area contributed by atoms with E-state index in [1.165, 1.54) is 12.5 Å². The number of nitrogens with two attached hydrogens (primary N) is 1. The number of H-pyrrole nitrogens is 1. The molecule has 0 fully saturated rings. The molecular weight excluding hydrogens is 171 g/mol. The Bertz CT molecular complexity index is 406. The third-order valence-corrected chi connectivity index (χ3v) is 1.65. The van der Waals surface area contributed by atoms with Crippen LogP contribution in [0.25, 0.3) is 11.3 Å². The van der Waals surface area contributed by atoms with Gasteiger partial charge in [-0.15, -0.1) is 0 Å². The van der Waals surface area contributed by atoms with E-state index in [0.717, 1.165) is 0 Å². The van der Waals surface area contributed by atoms with Gasteiger partial charge in [0, 0.05) is 11.8 Å². The summed E-state index contributed by atoms with van der Waals surface area (Å²) < 4.78 is 13.0. The summed E-state index contributed by atoms with van der Waals surface area (Å²) in [7, 11) is 0. The van der Waals surface area contributed by atoms with Crippen LogP contribution in [0.2, 0.25) is 0 Å². The lowest BCUT2D eigenvalue weighted by Crippen LogP contribution is -1.90. The molecule has 0 saturated carbocycles. The number of nitrogen functional groups attached to an aromatic ring is 1. The summed E-state index contributed by atoms with van der Waals surface area (Å²) in [6.07, 6.45) is 2.77. The highest BCUT2D eigenvalue weighted by atomic mass is 19.1. The van der Waals surface area contributed by atoms with Gasteiger partial charge >= 0.3 is 0 Å². The van der Waals surface area contributed by atoms with Gasteiger partial charge in [0.15, 0.2) is 0 Å². The maximum Gasteiger partial charge on any atom is 0.218 e. The van der Waals surface area contributed by atoms with E-state index in [1.807, 2.05) is 0 Å². The molecule has 66 valence electrons. The molecule has 0 saturated heterocycles. The van der Waals surface area contributed by atoms with Crippen LogP contribution in [0.3, 0.4) is 0 Å². The number of pyridine rings is 1. The lowest BCUT2D eigenvalue weighted by Gasteiger charge is -1.96. The summed E-state index contributed by atoms with van der Waals surface area (Å²) >= 11 is 0. The molecule has 0 radical (unpaired) electrons. The second-order valence-corrected chi connectivity index (χ2v) is 2.54. The van der Waals surface area contributed by atoms with Gasteiger partial charge in [-0.2, -0.15) is 4.39 Å². The first-order valence-corrected chi connectivity index (χ1v) is 3.68. The van der Waals surface area contributed by atoms with Crippen molar-refractivity contribution in [2.45, 2.75) is 0 Å². The number of anilines is 1. The van der Waals surface area contributed by atoms with Gasteiger partial charge in [-0.3, -0.25) is 0 Å². The number of rotatable bonds is 1. The molecule has 2 aromatic rings. The lowest BCUT2D eigenvalue weighted by atomic mass is 10.2. The van der Waals surface area contributed by atoms with Gasteiger partial charge < -0.3 is 10.7 Å². The van der Waals surface area contributed by atoms with Crippen LogP contribution < -0.4 is 5.73 Å². The summed E-state index contributed by atoms with van der Waals surface area (Å²) in [6.45, 7) is 0. The summed E-state index contributed by atoms with van der Waals surface area (Å²) in [5, 5.41) is 0. The number of nitrogens with one attached hydrogen (secondary N) is 1. The molecule has 13 heavy (non-hydrogen) atoms. The highest BCUT2D eigenvalue weighted by molar-refractivity contribution is 5.58. The number of hydrogen-bond acceptors (Lipinski definition) is 3. The van der Waals surface area contributed by atoms with E-state index < -0.39 is 5.95 Å². The van der Waals surface area contributed by atoms with Crippen molar-refractivity contribution >= 4 is 5.82 Å². The van der Waals surface area contributed by atoms with E-state index in [4.69, 9.17) is 5.73 Å². The molecule has 3 N–H and O–H groups in total. The van der Waals surface area contributed by atoms with E-state index >= 15 is 0 Å². The molecule has 0 spiro atoms. The Morgan fingerprint density at radius 1 is 1.31 bits per heavy atom. The summed E-state index contributed by atoms with van der Waals surface area (Å²) in [4.78, 5) is 9.98. The topological polar surface area (TPSA) is 67.6 Å². The number of hydrogen-bond donors (Lipinski definition) is 2. The maximum absolute atomic E-state index is 13.0. The first-order chi connectivity index (χ1) is 6.27. The Kier molecular flexibility index (Phi) is 1.70. The quantitative estimate of drug-likeness (QED) is 0.689. The zero-order valence-corrected chi connectivity index (χ0v) is 6.66. The highest BCUT2D eigenvalue weighted by Crippen LogP contribution is 2.18. The fourth-order valence-electron chi connectivity index (χ4n) is 1.03. The first-order valence-electron chi connectivity index (χ1n) is 3.68. The molecular formula is C8H7FN4. The van der Waals surface area contributed by atoms with Crippen molar-refractivity contribution < 1.29 is 4.39 Å². The predicted octanol–water partition coefficient (Wildman–Crippen LogP) is 1.19. The normalized spacial score (nSPS) is 10.2. The molecule has 4 nitrogen and oxygen atoms in total. The van der Waals surface area contributed by atoms with E-state index in [0.29, 0.717) is 11.4 Å². The minimum Gasteiger partial charge on any atom is -0.384 e. The van der Waals surface area contributed by atoms with Crippen LogP contribution in [0.15, 0.2) is 24.7 Å². The van der Waals surface area contributed by atoms with Crippen molar-refractivity contribution in [3.05, 3.63) is 30.6 Å². The fraction of sp³-hybridized carbons (Fsp3) is 0. The van der Waals surface area contributed by atoms with Crippen molar-refractivity contribution in [1.82, 2.24) is 15.0 Å². The third kappa shape index (κ3) is 1.35. The van der Waals surface area contributed by atoms with Gasteiger partial charge in [-0.1, -0.05) is 0 Å². The zero-order chi connectivity index (χ0) is 9.26. The number of aromatic amines is 1. The molecule has 0 amide bonds. The van der Waals surface area contributed by atoms with Gasteiger partial charge in [0.1, 0.15) is 11.5 Å². The van der Waals surface area contributed by atoms with Crippen molar-refractivity contribution in [2.75, 3.05) is 5.73 Å². The van der Waals surface area contributed by atoms with Crippen LogP contribution in [0.4, 0.5) is 10.2 Å². The van der Waals surface area contributed by atoms with E-state index in [2.05, 4.69) is 15.0 Å². The average molecular weight is 178 g/mol. The van der Waals surface area contributed by atoms with Crippen LogP contribution in [0.5, 0.6) is 0 Å². The number of imidazole rings is 1. The molecule has 2 heterocycles. The average Bonchev–Trinajstić information content (AvgIpc) is 2.53. The lowest BCUT2D eigenvalue weighted by molar-refractivity contribution is 0.594. The summed E-state index contributed by atoms with van der Waals surface area (Å²) in [5.74, 6) is -0.0636. The van der Waals surface area contributed by atoms with Crippen molar-refractivity contribution in [2.24, 2.45) is 0 Å². The number of halogens is 1. The maximum atomic E-state index is 13.0. The molecule has 2 rings (SSSR count). The Morgan fingerprint density at radius 2 is 2.15 bits per heavy atom. The Balaban J connectivity index is 2.47. The fourth-order valence-corrected chi connectivity index (χ4v) is 1.03. The number of aromatic nitrogens is 3.